The Morgan fingerprint density at radius 1 is 1.04 bits per heavy atom. The van der Waals surface area contributed by atoms with Crippen LogP contribution in [0.5, 0.6) is 0 Å². The summed E-state index contributed by atoms with van der Waals surface area (Å²) in [5.41, 5.74) is 6.77. The number of benzene rings is 1. The van der Waals surface area contributed by atoms with E-state index in [-0.39, 0.29) is 17.5 Å². The van der Waals surface area contributed by atoms with Crippen molar-refractivity contribution in [3.63, 3.8) is 0 Å². The van der Waals surface area contributed by atoms with E-state index in [2.05, 4.69) is 88.4 Å². The zero-order valence-electron chi connectivity index (χ0n) is 32.5. The number of carbonyl (C=O) groups excluding carboxylic acids is 1. The fraction of sp³-hybridized carbons (Fsp3) is 0.548. The summed E-state index contributed by atoms with van der Waals surface area (Å²) in [4.78, 5) is 34.3. The number of aromatic amines is 1. The van der Waals surface area contributed by atoms with E-state index in [0.29, 0.717) is 5.92 Å². The Labute approximate surface area is 292 Å². The number of hydrogen-bond acceptors (Lipinski definition) is 4. The quantitative estimate of drug-likeness (QED) is 0.197. The van der Waals surface area contributed by atoms with Gasteiger partial charge in [0.2, 0.25) is 11.5 Å². The number of hydrogen-bond donors (Lipinski definition) is 2. The van der Waals surface area contributed by atoms with E-state index >= 15 is 0 Å². The van der Waals surface area contributed by atoms with Gasteiger partial charge < -0.3 is 15.2 Å². The van der Waals surface area contributed by atoms with Crippen molar-refractivity contribution in [1.82, 2.24) is 4.98 Å². The maximum atomic E-state index is 13.5. The molecular weight excluding hydrogens is 592 g/mol. The molecule has 2 aromatic rings. The number of aliphatic imine (C=N–C) groups is 1. The van der Waals surface area contributed by atoms with Gasteiger partial charge in [0.25, 0.3) is 0 Å². The SMILES string of the molecule is C=C(/C=C(N=CCC)\C(C)=C(/C)Nc1ccc(=O)[nH]c1)c1ccc2c(c1)N(C1CC(CC)C1)C(=O)C2(C)C.CC.CC(C)C.CCCC. The first kappa shape index (κ1) is 42.4. The van der Waals surface area contributed by atoms with Crippen molar-refractivity contribution in [3.05, 3.63) is 87.6 Å². The van der Waals surface area contributed by atoms with Crippen LogP contribution >= 0.6 is 0 Å². The van der Waals surface area contributed by atoms with Crippen molar-refractivity contribution in [2.24, 2.45) is 16.8 Å². The first-order valence-electron chi connectivity index (χ1n) is 18.3. The number of nitrogens with zero attached hydrogens (tertiary/aromatic N) is 2. The summed E-state index contributed by atoms with van der Waals surface area (Å²) in [6.07, 6.45) is 12.3. The number of nitrogens with one attached hydrogen (secondary N) is 2. The Kier molecular flexibility index (Phi) is 18.2. The van der Waals surface area contributed by atoms with E-state index in [9.17, 15) is 9.59 Å². The molecule has 1 aromatic heterocycles. The number of fused-ring (bicyclic) bond motifs is 1. The molecule has 1 aromatic carbocycles. The molecule has 6 heteroatoms. The Hall–Kier alpha value is -3.67. The molecule has 0 spiro atoms. The lowest BCUT2D eigenvalue weighted by Gasteiger charge is -2.41. The molecule has 2 aliphatic rings. The van der Waals surface area contributed by atoms with E-state index in [0.717, 1.165) is 70.2 Å². The van der Waals surface area contributed by atoms with Crippen LogP contribution in [-0.2, 0) is 10.2 Å². The third-order valence-electron chi connectivity index (χ3n) is 8.49. The van der Waals surface area contributed by atoms with Gasteiger partial charge in [0, 0.05) is 35.9 Å². The Morgan fingerprint density at radius 3 is 2.15 bits per heavy atom. The highest BCUT2D eigenvalue weighted by Gasteiger charge is 2.48. The van der Waals surface area contributed by atoms with Crippen LogP contribution in [0.4, 0.5) is 11.4 Å². The zero-order valence-corrected chi connectivity index (χ0v) is 32.5. The number of rotatable bonds is 10. The molecular formula is C42H66N4O2. The Bertz CT molecular complexity index is 1440. The van der Waals surface area contributed by atoms with E-state index in [1.807, 2.05) is 53.8 Å². The van der Waals surface area contributed by atoms with E-state index in [4.69, 9.17) is 4.99 Å². The van der Waals surface area contributed by atoms with Gasteiger partial charge in [0.1, 0.15) is 0 Å². The monoisotopic (exact) mass is 659 g/mol. The van der Waals surface area contributed by atoms with Crippen LogP contribution in [0.2, 0.25) is 0 Å². The highest BCUT2D eigenvalue weighted by atomic mass is 16.2. The number of anilines is 2. The standard InChI is InChI=1S/C32H40N4O2.2C4H10.C2H6/c1-8-14-33-28(21(4)22(5)35-25-11-13-30(37)34-19-25)15-20(3)24-10-12-27-29(18-24)36(31(38)32(27,6)7)26-16-23(9-2)17-26;1-4(2)3;1-3-4-2;1-2/h10-15,18-19,23,26,35H,3,8-9,16-17H2,1-2,4-7H3,(H,34,37);4H,1-3H3;3-4H2,1-2H3;1-2H3/b22-21+,28-15+,33-14?;;;. The second-order valence-corrected chi connectivity index (χ2v) is 13.8. The molecule has 1 saturated carbocycles. The summed E-state index contributed by atoms with van der Waals surface area (Å²) >= 11 is 0. The maximum Gasteiger partial charge on any atom is 0.248 e. The third-order valence-corrected chi connectivity index (χ3v) is 8.49. The molecule has 6 nitrogen and oxygen atoms in total. The molecule has 4 rings (SSSR count). The average Bonchev–Trinajstić information content (AvgIpc) is 3.24. The first-order chi connectivity index (χ1) is 22.7. The largest absolute Gasteiger partial charge is 0.358 e. The van der Waals surface area contributed by atoms with Gasteiger partial charge in [-0.3, -0.25) is 14.6 Å². The molecule has 1 amide bonds. The molecule has 48 heavy (non-hydrogen) atoms. The lowest BCUT2D eigenvalue weighted by atomic mass is 9.77. The summed E-state index contributed by atoms with van der Waals surface area (Å²) in [6.45, 7) is 31.6. The summed E-state index contributed by atoms with van der Waals surface area (Å²) in [7, 11) is 0. The fourth-order valence-electron chi connectivity index (χ4n) is 5.26. The molecule has 2 heterocycles. The van der Waals surface area contributed by atoms with Crippen LogP contribution in [0.3, 0.4) is 0 Å². The van der Waals surface area contributed by atoms with E-state index in [1.165, 1.54) is 25.3 Å². The average molecular weight is 659 g/mol. The summed E-state index contributed by atoms with van der Waals surface area (Å²) < 4.78 is 0. The predicted octanol–water partition coefficient (Wildman–Crippen LogP) is 11.5. The topological polar surface area (TPSA) is 77.6 Å². The molecule has 0 saturated heterocycles. The van der Waals surface area contributed by atoms with Crippen molar-refractivity contribution in [3.8, 4) is 0 Å². The number of aromatic nitrogens is 1. The Balaban J connectivity index is 0.00000102. The van der Waals surface area contributed by atoms with Crippen molar-refractivity contribution >= 4 is 29.1 Å². The second kappa shape index (κ2) is 20.6. The summed E-state index contributed by atoms with van der Waals surface area (Å²) in [5.74, 6) is 1.74. The number of H-pyrrole nitrogens is 1. The van der Waals surface area contributed by atoms with Gasteiger partial charge in [-0.05, 0) is 99.3 Å². The molecule has 266 valence electrons. The summed E-state index contributed by atoms with van der Waals surface area (Å²) in [6, 6.07) is 9.82. The number of unbranched alkanes of at least 4 members (excludes halogenated alkanes) is 1. The predicted molar refractivity (Wildman–Crippen MR) is 211 cm³/mol. The van der Waals surface area contributed by atoms with Crippen LogP contribution in [0, 0.1) is 11.8 Å². The number of amides is 1. The molecule has 1 fully saturated rings. The molecule has 0 bridgehead atoms. The maximum absolute atomic E-state index is 13.5. The lowest BCUT2D eigenvalue weighted by Crippen LogP contribution is -2.49. The number of pyridine rings is 1. The van der Waals surface area contributed by atoms with Crippen LogP contribution < -0.4 is 15.8 Å². The van der Waals surface area contributed by atoms with Crippen LogP contribution in [0.1, 0.15) is 140 Å². The minimum Gasteiger partial charge on any atom is -0.358 e. The first-order valence-corrected chi connectivity index (χ1v) is 18.3. The molecule has 0 unspecified atom stereocenters. The van der Waals surface area contributed by atoms with Gasteiger partial charge in [-0.2, -0.15) is 0 Å². The van der Waals surface area contributed by atoms with Gasteiger partial charge in [0.05, 0.1) is 16.8 Å². The van der Waals surface area contributed by atoms with Gasteiger partial charge in [-0.1, -0.05) is 100 Å². The molecule has 1 aliphatic heterocycles. The fourth-order valence-corrected chi connectivity index (χ4v) is 5.26. The minimum atomic E-state index is -0.525. The van der Waals surface area contributed by atoms with Gasteiger partial charge in [-0.15, -0.1) is 0 Å². The Morgan fingerprint density at radius 2 is 1.65 bits per heavy atom. The van der Waals surface area contributed by atoms with Crippen molar-refractivity contribution in [1.29, 1.82) is 0 Å². The van der Waals surface area contributed by atoms with Crippen molar-refractivity contribution < 1.29 is 4.79 Å². The van der Waals surface area contributed by atoms with Crippen LogP contribution in [0.15, 0.2) is 75.9 Å². The smallest absolute Gasteiger partial charge is 0.248 e. The minimum absolute atomic E-state index is 0.140. The molecule has 1 aliphatic carbocycles. The van der Waals surface area contributed by atoms with Crippen molar-refractivity contribution in [2.75, 3.05) is 10.2 Å². The molecule has 0 radical (unpaired) electrons. The van der Waals surface area contributed by atoms with Gasteiger partial charge in [-0.25, -0.2) is 0 Å². The van der Waals surface area contributed by atoms with Gasteiger partial charge >= 0.3 is 0 Å². The number of carbonyl (C=O) groups is 1. The highest BCUT2D eigenvalue weighted by Crippen LogP contribution is 2.48. The van der Waals surface area contributed by atoms with Gasteiger partial charge in [0.15, 0.2) is 0 Å². The van der Waals surface area contributed by atoms with Crippen LogP contribution in [0.25, 0.3) is 5.57 Å². The molecule has 2 N–H and O–H groups in total. The lowest BCUT2D eigenvalue weighted by molar-refractivity contribution is -0.123. The summed E-state index contributed by atoms with van der Waals surface area (Å²) in [5, 5.41) is 3.35. The van der Waals surface area contributed by atoms with E-state index in [1.54, 1.807) is 12.3 Å². The van der Waals surface area contributed by atoms with Crippen LogP contribution in [-0.4, -0.2) is 23.1 Å². The number of allylic oxidation sites excluding steroid dienone is 4. The highest BCUT2D eigenvalue weighted by molar-refractivity contribution is 6.08. The normalized spacial score (nSPS) is 18.3. The third kappa shape index (κ3) is 11.8. The second-order valence-electron chi connectivity index (χ2n) is 13.8. The van der Waals surface area contributed by atoms with Crippen molar-refractivity contribution in [2.45, 2.75) is 140 Å². The van der Waals surface area contributed by atoms with E-state index < -0.39 is 5.41 Å². The molecule has 0 atom stereocenters. The zero-order chi connectivity index (χ0) is 36.6.